The summed E-state index contributed by atoms with van der Waals surface area (Å²) < 4.78 is 36.6. The molecule has 0 saturated carbocycles. The van der Waals surface area contributed by atoms with Crippen LogP contribution in [0.4, 0.5) is 11.4 Å². The van der Waals surface area contributed by atoms with Gasteiger partial charge in [0.1, 0.15) is 19.6 Å². The predicted octanol–water partition coefficient (Wildman–Crippen LogP) is 2.50. The second kappa shape index (κ2) is 11.7. The van der Waals surface area contributed by atoms with Crippen LogP contribution in [-0.2, 0) is 33.2 Å². The molecule has 1 saturated heterocycles. The lowest BCUT2D eigenvalue weighted by molar-refractivity contribution is -0.752. The molecule has 1 aromatic heterocycles. The summed E-state index contributed by atoms with van der Waals surface area (Å²) in [7, 11) is -2.58. The molecule has 0 bridgehead atoms. The summed E-state index contributed by atoms with van der Waals surface area (Å²) in [6, 6.07) is 21.4. The average Bonchev–Trinajstić information content (AvgIpc) is 3.40. The Balaban J connectivity index is 1.50. The van der Waals surface area contributed by atoms with Crippen LogP contribution in [0.5, 0.6) is 0 Å². The minimum absolute atomic E-state index is 0.00835. The number of carbonyl (C=O) groups excluding carboxylic acids is 2. The number of rotatable bonds is 8. The first-order valence-corrected chi connectivity index (χ1v) is 14.8. The maximum atomic E-state index is 13.8. The van der Waals surface area contributed by atoms with Gasteiger partial charge in [0.25, 0.3) is 27.2 Å². The zero-order valence-corrected chi connectivity index (χ0v) is 24.7. The molecule has 1 fully saturated rings. The highest BCUT2D eigenvalue weighted by Crippen LogP contribution is 2.28. The van der Waals surface area contributed by atoms with E-state index in [1.165, 1.54) is 21.7 Å². The van der Waals surface area contributed by atoms with Crippen LogP contribution < -0.4 is 25.7 Å². The van der Waals surface area contributed by atoms with Crippen molar-refractivity contribution in [3.63, 3.8) is 0 Å². The lowest BCUT2D eigenvalue weighted by atomic mass is 10.1. The highest BCUT2D eigenvalue weighted by molar-refractivity contribution is 7.90. The van der Waals surface area contributed by atoms with Crippen LogP contribution >= 0.6 is 12.2 Å². The van der Waals surface area contributed by atoms with E-state index >= 15 is 0 Å². The van der Waals surface area contributed by atoms with Crippen molar-refractivity contribution in [2.75, 3.05) is 10.2 Å². The molecule has 0 spiro atoms. The number of hydrogen-bond acceptors (Lipinski definition) is 6. The van der Waals surface area contributed by atoms with E-state index in [4.69, 9.17) is 16.7 Å². The zero-order valence-electron chi connectivity index (χ0n) is 23.1. The number of nitrogens with zero attached hydrogens (tertiary/aromatic N) is 5. The Kier molecular flexibility index (Phi) is 8.05. The summed E-state index contributed by atoms with van der Waals surface area (Å²) in [5.74, 6) is -0.781. The normalized spacial score (nSPS) is 15.9. The minimum atomic E-state index is -4.14. The molecule has 5 rings (SSSR count). The predicted molar refractivity (Wildman–Crippen MR) is 157 cm³/mol. The number of anilines is 2. The van der Waals surface area contributed by atoms with Gasteiger partial charge in [0.2, 0.25) is 5.91 Å². The zero-order chi connectivity index (χ0) is 30.0. The molecule has 1 aliphatic rings. The molecule has 3 aromatic carbocycles. The third-order valence-electron chi connectivity index (χ3n) is 6.78. The summed E-state index contributed by atoms with van der Waals surface area (Å²) in [5.41, 5.74) is 3.03. The lowest BCUT2D eigenvalue weighted by Gasteiger charge is -2.22. The molecule has 11 nitrogen and oxygen atoms in total. The second-order valence-corrected chi connectivity index (χ2v) is 11.9. The first kappa shape index (κ1) is 28.9. The largest absolute Gasteiger partial charge is 0.486 e. The number of sulfonamides is 1. The molecule has 1 N–H and O–H groups in total. The monoisotopic (exact) mass is 604 g/mol. The summed E-state index contributed by atoms with van der Waals surface area (Å²) in [6.07, 6.45) is -0.209. The summed E-state index contributed by atoms with van der Waals surface area (Å²) in [5, 5.41) is 6.82. The quantitative estimate of drug-likeness (QED) is 0.240. The molecule has 0 radical (unpaired) electrons. The van der Waals surface area contributed by atoms with Crippen molar-refractivity contribution < 1.29 is 27.2 Å². The van der Waals surface area contributed by atoms with Gasteiger partial charge in [-0.3, -0.25) is 19.8 Å². The van der Waals surface area contributed by atoms with E-state index in [-0.39, 0.29) is 40.1 Å². The summed E-state index contributed by atoms with van der Waals surface area (Å²) in [4.78, 5) is 29.8. The first-order valence-electron chi connectivity index (χ1n) is 13.0. The van der Waals surface area contributed by atoms with Gasteiger partial charge in [0.05, 0.1) is 17.0 Å². The Labute approximate surface area is 248 Å². The van der Waals surface area contributed by atoms with Crippen molar-refractivity contribution in [1.29, 1.82) is 0 Å². The molecule has 2 heterocycles. The maximum absolute atomic E-state index is 13.8. The fourth-order valence-corrected chi connectivity index (χ4v) is 5.80. The van der Waals surface area contributed by atoms with Crippen molar-refractivity contribution in [1.82, 2.24) is 10.2 Å². The third-order valence-corrected chi connectivity index (χ3v) is 8.47. The van der Waals surface area contributed by atoms with Gasteiger partial charge in [-0.25, -0.2) is 4.68 Å². The number of carbonyl (C=O) groups is 2. The van der Waals surface area contributed by atoms with Crippen LogP contribution in [0, 0.1) is 13.8 Å². The topological polar surface area (TPSA) is 130 Å². The smallest absolute Gasteiger partial charge is 0.289 e. The molecular formula is C29H28N6O5S2. The van der Waals surface area contributed by atoms with Gasteiger partial charge in [0.15, 0.2) is 5.11 Å². The number of aromatic nitrogens is 2. The Morgan fingerprint density at radius 1 is 1.02 bits per heavy atom. The molecule has 2 amide bonds. The van der Waals surface area contributed by atoms with E-state index in [2.05, 4.69) is 15.0 Å². The van der Waals surface area contributed by atoms with E-state index in [1.54, 1.807) is 60.5 Å². The van der Waals surface area contributed by atoms with Crippen molar-refractivity contribution in [2.45, 2.75) is 37.8 Å². The molecule has 1 aliphatic heterocycles. The van der Waals surface area contributed by atoms with Gasteiger partial charge >= 0.3 is 0 Å². The van der Waals surface area contributed by atoms with Crippen LogP contribution in [-0.4, -0.2) is 36.3 Å². The fourth-order valence-electron chi connectivity index (χ4n) is 4.47. The number of amides is 2. The van der Waals surface area contributed by atoms with E-state index in [0.29, 0.717) is 11.4 Å². The van der Waals surface area contributed by atoms with Crippen LogP contribution in [0.15, 0.2) is 92.7 Å². The van der Waals surface area contributed by atoms with Gasteiger partial charge < -0.3 is 14.7 Å². The Bertz CT molecular complexity index is 1810. The number of para-hydroxylation sites is 1. The lowest BCUT2D eigenvalue weighted by Crippen LogP contribution is -2.45. The summed E-state index contributed by atoms with van der Waals surface area (Å²) >= 11 is 5.76. The minimum Gasteiger partial charge on any atom is -0.486 e. The Morgan fingerprint density at radius 3 is 2.29 bits per heavy atom. The molecule has 1 unspecified atom stereocenters. The Hall–Kier alpha value is -4.62. The summed E-state index contributed by atoms with van der Waals surface area (Å²) in [6.45, 7) is 3.68. The van der Waals surface area contributed by atoms with Gasteiger partial charge in [-0.2, -0.15) is 8.42 Å². The Morgan fingerprint density at radius 2 is 1.64 bits per heavy atom. The van der Waals surface area contributed by atoms with Crippen LogP contribution in [0.2, 0.25) is 0 Å². The molecule has 0 aliphatic carbocycles. The number of hydrogen-bond donors (Lipinski definition) is 1. The van der Waals surface area contributed by atoms with E-state index in [9.17, 15) is 18.0 Å². The van der Waals surface area contributed by atoms with Crippen molar-refractivity contribution in [3.8, 4) is 0 Å². The van der Waals surface area contributed by atoms with Gasteiger partial charge in [-0.1, -0.05) is 53.6 Å². The highest BCUT2D eigenvalue weighted by atomic mass is 32.2. The number of aryl methyl sites for hydroxylation is 3. The molecule has 1 atom stereocenters. The molecule has 4 aromatic rings. The number of nitrogens with one attached hydrogen (secondary N) is 1. The molecule has 13 heteroatoms. The molecule has 42 heavy (non-hydrogen) atoms. The molecular weight excluding hydrogens is 576 g/mol. The maximum Gasteiger partial charge on any atom is 0.289 e. The van der Waals surface area contributed by atoms with Crippen molar-refractivity contribution in [3.05, 3.63) is 101 Å². The first-order chi connectivity index (χ1) is 20.0. The van der Waals surface area contributed by atoms with Crippen LogP contribution in [0.1, 0.15) is 23.2 Å². The molecule has 216 valence electrons. The van der Waals surface area contributed by atoms with Crippen LogP contribution in [0.3, 0.4) is 0 Å². The highest BCUT2D eigenvalue weighted by Gasteiger charge is 2.45. The van der Waals surface area contributed by atoms with Crippen LogP contribution in [0.25, 0.3) is 0 Å². The number of thiocarbonyl (C=S) groups is 1. The van der Waals surface area contributed by atoms with Gasteiger partial charge in [-0.05, 0) is 62.5 Å². The van der Waals surface area contributed by atoms with Gasteiger partial charge in [-0.15, -0.1) is 4.40 Å². The van der Waals surface area contributed by atoms with E-state index < -0.39 is 22.0 Å². The SMILES string of the molecule is Cc1ccc(N2C(=O)C(CC(=O)Nc3ccccc3)N(Cc3/c(=N/S(=O)(=O)c4ccc(C)cc4)o[n-][n+]3C)C2=S)cc1. The van der Waals surface area contributed by atoms with E-state index in [0.717, 1.165) is 11.1 Å². The third kappa shape index (κ3) is 6.02. The average molecular weight is 605 g/mol. The van der Waals surface area contributed by atoms with Crippen molar-refractivity contribution in [2.24, 2.45) is 11.4 Å². The standard InChI is InChI=1S/C29H28N6O5S2/c1-19-9-13-22(14-10-19)35-28(37)24(17-26(36)30-21-7-5-4-6-8-21)34(29(35)41)18-25-27(40-32-33(25)3)31-42(38,39)23-15-11-20(2)12-16-23/h4-16,24H,17-18H2,1-3H3,(H,30,36)/b31-27-. The fraction of sp³-hybridized carbons (Fsp3) is 0.207. The van der Waals surface area contributed by atoms with E-state index in [1.807, 2.05) is 32.0 Å². The van der Waals surface area contributed by atoms with Gasteiger partial charge in [0, 0.05) is 5.69 Å². The van der Waals surface area contributed by atoms with Crippen molar-refractivity contribution >= 4 is 50.5 Å². The second-order valence-electron chi connectivity index (χ2n) is 9.88. The number of benzene rings is 3.